The van der Waals surface area contributed by atoms with Crippen LogP contribution in [0.15, 0.2) is 36.7 Å². The molecule has 0 saturated carbocycles. The molecule has 0 aliphatic rings. The number of hydrogen-bond acceptors (Lipinski definition) is 4. The zero-order valence-electron chi connectivity index (χ0n) is 11.1. The molecule has 5 nitrogen and oxygen atoms in total. The first-order chi connectivity index (χ1) is 9.69. The summed E-state index contributed by atoms with van der Waals surface area (Å²) in [6, 6.07) is 6.04. The molecule has 0 fully saturated rings. The van der Waals surface area contributed by atoms with Gasteiger partial charge in [0.05, 0.1) is 11.8 Å². The molecule has 0 aromatic carbocycles. The molecule has 2 heterocycles. The maximum atomic E-state index is 12.7. The molecule has 2 aromatic rings. The number of hydrogen-bond donors (Lipinski definition) is 2. The monoisotopic (exact) mass is 274 g/mol. The van der Waals surface area contributed by atoms with E-state index in [1.54, 1.807) is 12.1 Å². The van der Waals surface area contributed by atoms with Crippen LogP contribution >= 0.6 is 0 Å². The van der Waals surface area contributed by atoms with E-state index < -0.39 is 5.82 Å². The van der Waals surface area contributed by atoms with Gasteiger partial charge in [0, 0.05) is 12.7 Å². The van der Waals surface area contributed by atoms with E-state index in [0.717, 1.165) is 25.0 Å². The minimum absolute atomic E-state index is 0.296. The topological polar surface area (TPSA) is 66.9 Å². The molecule has 0 spiro atoms. The Hall–Kier alpha value is -2.50. The van der Waals surface area contributed by atoms with Gasteiger partial charge in [0.15, 0.2) is 0 Å². The van der Waals surface area contributed by atoms with Crippen LogP contribution in [0.3, 0.4) is 0 Å². The van der Waals surface area contributed by atoms with Crippen LogP contribution < -0.4 is 10.6 Å². The van der Waals surface area contributed by atoms with E-state index >= 15 is 0 Å². The summed E-state index contributed by atoms with van der Waals surface area (Å²) >= 11 is 0. The standard InChI is InChI=1S/C14H15FN4O/c1-2-7-16-12-5-3-10(8-17-12)14(20)19-13-6-4-11(15)9-18-13/h3-6,8-9H,2,7H2,1H3,(H,16,17)(H,18,19,20). The van der Waals surface area contributed by atoms with Crippen molar-refractivity contribution in [2.45, 2.75) is 13.3 Å². The van der Waals surface area contributed by atoms with Gasteiger partial charge in [0.2, 0.25) is 0 Å². The Morgan fingerprint density at radius 3 is 2.50 bits per heavy atom. The van der Waals surface area contributed by atoms with Gasteiger partial charge in [-0.1, -0.05) is 6.92 Å². The number of pyridine rings is 2. The van der Waals surface area contributed by atoms with E-state index in [-0.39, 0.29) is 5.91 Å². The molecule has 20 heavy (non-hydrogen) atoms. The number of halogens is 1. The number of aromatic nitrogens is 2. The lowest BCUT2D eigenvalue weighted by Gasteiger charge is -2.06. The Labute approximate surface area is 116 Å². The summed E-state index contributed by atoms with van der Waals surface area (Å²) in [5.41, 5.74) is 0.415. The Morgan fingerprint density at radius 1 is 1.15 bits per heavy atom. The average molecular weight is 274 g/mol. The molecule has 2 aromatic heterocycles. The summed E-state index contributed by atoms with van der Waals surface area (Å²) < 4.78 is 12.7. The van der Waals surface area contributed by atoms with Gasteiger partial charge in [0.1, 0.15) is 17.5 Å². The predicted molar refractivity (Wildman–Crippen MR) is 75.2 cm³/mol. The predicted octanol–water partition coefficient (Wildman–Crippen LogP) is 2.69. The molecular formula is C14H15FN4O. The lowest BCUT2D eigenvalue weighted by atomic mass is 10.2. The fourth-order valence-electron chi connectivity index (χ4n) is 1.52. The summed E-state index contributed by atoms with van der Waals surface area (Å²) in [6.07, 6.45) is 3.53. The van der Waals surface area contributed by atoms with Crippen molar-refractivity contribution in [3.63, 3.8) is 0 Å². The van der Waals surface area contributed by atoms with E-state index in [9.17, 15) is 9.18 Å². The van der Waals surface area contributed by atoms with Crippen molar-refractivity contribution >= 4 is 17.5 Å². The van der Waals surface area contributed by atoms with Crippen molar-refractivity contribution in [1.29, 1.82) is 0 Å². The van der Waals surface area contributed by atoms with Gasteiger partial charge in [-0.2, -0.15) is 0 Å². The van der Waals surface area contributed by atoms with Crippen LogP contribution in [-0.4, -0.2) is 22.4 Å². The van der Waals surface area contributed by atoms with Gasteiger partial charge < -0.3 is 10.6 Å². The number of nitrogens with zero attached hydrogens (tertiary/aromatic N) is 2. The molecule has 2 rings (SSSR count). The minimum Gasteiger partial charge on any atom is -0.370 e. The van der Waals surface area contributed by atoms with E-state index in [1.807, 2.05) is 0 Å². The molecule has 2 N–H and O–H groups in total. The zero-order chi connectivity index (χ0) is 14.4. The number of rotatable bonds is 5. The summed E-state index contributed by atoms with van der Waals surface area (Å²) in [6.45, 7) is 2.89. The third kappa shape index (κ3) is 3.74. The summed E-state index contributed by atoms with van der Waals surface area (Å²) in [5.74, 6) is 0.238. The molecule has 104 valence electrons. The second-order valence-electron chi connectivity index (χ2n) is 4.17. The first kappa shape index (κ1) is 13.9. The largest absolute Gasteiger partial charge is 0.370 e. The van der Waals surface area contributed by atoms with Crippen molar-refractivity contribution in [1.82, 2.24) is 9.97 Å². The Bertz CT molecular complexity index is 569. The number of amides is 1. The molecule has 0 atom stereocenters. The number of carbonyl (C=O) groups excluding carboxylic acids is 1. The van der Waals surface area contributed by atoms with Gasteiger partial charge in [-0.25, -0.2) is 14.4 Å². The molecule has 0 aliphatic heterocycles. The zero-order valence-corrected chi connectivity index (χ0v) is 11.1. The van der Waals surface area contributed by atoms with E-state index in [0.29, 0.717) is 11.4 Å². The Balaban J connectivity index is 2.00. The van der Waals surface area contributed by atoms with E-state index in [2.05, 4.69) is 27.5 Å². The van der Waals surface area contributed by atoms with E-state index in [4.69, 9.17) is 0 Å². The van der Waals surface area contributed by atoms with Crippen LogP contribution in [0.4, 0.5) is 16.0 Å². The van der Waals surface area contributed by atoms with Crippen LogP contribution in [-0.2, 0) is 0 Å². The smallest absolute Gasteiger partial charge is 0.258 e. The minimum atomic E-state index is -0.448. The molecule has 0 unspecified atom stereocenters. The first-order valence-corrected chi connectivity index (χ1v) is 6.32. The normalized spacial score (nSPS) is 10.1. The summed E-state index contributed by atoms with van der Waals surface area (Å²) in [4.78, 5) is 19.8. The van der Waals surface area contributed by atoms with Gasteiger partial charge in [0.25, 0.3) is 5.91 Å². The summed E-state index contributed by atoms with van der Waals surface area (Å²) in [7, 11) is 0. The molecule has 6 heteroatoms. The number of anilines is 2. The quantitative estimate of drug-likeness (QED) is 0.879. The average Bonchev–Trinajstić information content (AvgIpc) is 2.48. The van der Waals surface area contributed by atoms with Crippen molar-refractivity contribution in [2.24, 2.45) is 0 Å². The third-order valence-corrected chi connectivity index (χ3v) is 2.55. The number of nitrogens with one attached hydrogen (secondary N) is 2. The third-order valence-electron chi connectivity index (χ3n) is 2.55. The van der Waals surface area contributed by atoms with Gasteiger partial charge >= 0.3 is 0 Å². The second kappa shape index (κ2) is 6.60. The van der Waals surface area contributed by atoms with Crippen LogP contribution in [0.2, 0.25) is 0 Å². The molecular weight excluding hydrogens is 259 g/mol. The highest BCUT2D eigenvalue weighted by Gasteiger charge is 2.07. The molecule has 0 aliphatic carbocycles. The van der Waals surface area contributed by atoms with Crippen LogP contribution in [0.25, 0.3) is 0 Å². The van der Waals surface area contributed by atoms with E-state index in [1.165, 1.54) is 18.3 Å². The molecule has 1 amide bonds. The van der Waals surface area contributed by atoms with Crippen molar-refractivity contribution in [2.75, 3.05) is 17.2 Å². The Morgan fingerprint density at radius 2 is 1.90 bits per heavy atom. The van der Waals surface area contributed by atoms with Gasteiger partial charge in [-0.05, 0) is 30.7 Å². The van der Waals surface area contributed by atoms with Crippen LogP contribution in [0.1, 0.15) is 23.7 Å². The maximum absolute atomic E-state index is 12.7. The SMILES string of the molecule is CCCNc1ccc(C(=O)Nc2ccc(F)cn2)cn1. The molecule has 0 radical (unpaired) electrons. The lowest BCUT2D eigenvalue weighted by Crippen LogP contribution is -2.13. The van der Waals surface area contributed by atoms with Gasteiger partial charge in [-0.15, -0.1) is 0 Å². The molecule has 0 bridgehead atoms. The maximum Gasteiger partial charge on any atom is 0.258 e. The highest BCUT2D eigenvalue weighted by atomic mass is 19.1. The molecule has 0 saturated heterocycles. The van der Waals surface area contributed by atoms with Crippen molar-refractivity contribution in [3.05, 3.63) is 48.0 Å². The second-order valence-corrected chi connectivity index (χ2v) is 4.17. The van der Waals surface area contributed by atoms with Crippen LogP contribution in [0.5, 0.6) is 0 Å². The van der Waals surface area contributed by atoms with Crippen molar-refractivity contribution < 1.29 is 9.18 Å². The lowest BCUT2D eigenvalue weighted by molar-refractivity contribution is 0.102. The fourth-order valence-corrected chi connectivity index (χ4v) is 1.52. The van der Waals surface area contributed by atoms with Gasteiger partial charge in [-0.3, -0.25) is 4.79 Å². The fraction of sp³-hybridized carbons (Fsp3) is 0.214. The van der Waals surface area contributed by atoms with Crippen molar-refractivity contribution in [3.8, 4) is 0 Å². The highest BCUT2D eigenvalue weighted by Crippen LogP contribution is 2.09. The van der Waals surface area contributed by atoms with Crippen LogP contribution in [0, 0.1) is 5.82 Å². The summed E-state index contributed by atoms with van der Waals surface area (Å²) in [5, 5.41) is 5.69. The first-order valence-electron chi connectivity index (χ1n) is 6.32. The number of carbonyl (C=O) groups is 1. The highest BCUT2D eigenvalue weighted by molar-refractivity contribution is 6.03. The Kier molecular flexibility index (Phi) is 4.60.